The van der Waals surface area contributed by atoms with Crippen molar-refractivity contribution in [2.45, 2.75) is 0 Å². The van der Waals surface area contributed by atoms with Crippen LogP contribution < -0.4 is 5.73 Å². The topological polar surface area (TPSA) is 26.0 Å². The zero-order valence-corrected chi connectivity index (χ0v) is 7.03. The lowest BCUT2D eigenvalue weighted by Crippen LogP contribution is -1.93. The Labute approximate surface area is 75.3 Å². The lowest BCUT2D eigenvalue weighted by Gasteiger charge is -1.95. The molecule has 0 unspecified atom stereocenters. The molecule has 0 aliphatic carbocycles. The van der Waals surface area contributed by atoms with E-state index < -0.39 is 5.82 Å². The molecule has 0 amide bonds. The van der Waals surface area contributed by atoms with Crippen LogP contribution in [0.3, 0.4) is 0 Å². The zero-order valence-electron chi connectivity index (χ0n) is 6.27. The fourth-order valence-corrected chi connectivity index (χ4v) is 0.920. The maximum Gasteiger partial charge on any atom is 0.143 e. The number of benzene rings is 1. The Balaban J connectivity index is 3.08. The Morgan fingerprint density at radius 1 is 1.50 bits per heavy atom. The van der Waals surface area contributed by atoms with Gasteiger partial charge in [-0.05, 0) is 12.1 Å². The molecule has 12 heavy (non-hydrogen) atoms. The maximum absolute atomic E-state index is 12.8. The van der Waals surface area contributed by atoms with E-state index in [4.69, 9.17) is 17.3 Å². The molecule has 0 atom stereocenters. The van der Waals surface area contributed by atoms with E-state index in [1.807, 2.05) is 0 Å². The van der Waals surface area contributed by atoms with E-state index in [0.717, 1.165) is 0 Å². The van der Waals surface area contributed by atoms with Gasteiger partial charge in [-0.2, -0.15) is 0 Å². The molecule has 0 fully saturated rings. The third-order valence-corrected chi connectivity index (χ3v) is 1.66. The highest BCUT2D eigenvalue weighted by molar-refractivity contribution is 6.31. The number of hydrogen-bond donors (Lipinski definition) is 1. The van der Waals surface area contributed by atoms with Crippen molar-refractivity contribution in [3.8, 4) is 11.8 Å². The summed E-state index contributed by atoms with van der Waals surface area (Å²) < 4.78 is 12.8. The van der Waals surface area contributed by atoms with Crippen molar-refractivity contribution in [1.29, 1.82) is 0 Å². The van der Waals surface area contributed by atoms with Crippen LogP contribution in [0.2, 0.25) is 5.02 Å². The largest absolute Gasteiger partial charge is 0.320 e. The van der Waals surface area contributed by atoms with E-state index >= 15 is 0 Å². The van der Waals surface area contributed by atoms with Crippen molar-refractivity contribution in [2.75, 3.05) is 6.54 Å². The number of halogens is 2. The van der Waals surface area contributed by atoms with Crippen LogP contribution in [0.4, 0.5) is 4.39 Å². The van der Waals surface area contributed by atoms with Crippen LogP contribution in [0.25, 0.3) is 0 Å². The molecule has 1 nitrogen and oxygen atoms in total. The standard InChI is InChI=1S/C9H7ClFN/c10-9-7(4-2-6-12)3-1-5-8(9)11/h1,3,5H,6,12H2. The Bertz CT molecular complexity index is 338. The molecule has 0 spiro atoms. The molecule has 0 bridgehead atoms. The fraction of sp³-hybridized carbons (Fsp3) is 0.111. The molecule has 0 aliphatic rings. The van der Waals surface area contributed by atoms with Crippen LogP contribution in [0, 0.1) is 17.7 Å². The van der Waals surface area contributed by atoms with Gasteiger partial charge in [-0.1, -0.05) is 29.5 Å². The Morgan fingerprint density at radius 3 is 2.92 bits per heavy atom. The summed E-state index contributed by atoms with van der Waals surface area (Å²) in [4.78, 5) is 0. The van der Waals surface area contributed by atoms with E-state index in [1.54, 1.807) is 12.1 Å². The normalized spacial score (nSPS) is 8.92. The third kappa shape index (κ3) is 1.97. The number of hydrogen-bond acceptors (Lipinski definition) is 1. The average molecular weight is 184 g/mol. The quantitative estimate of drug-likeness (QED) is 0.610. The number of nitrogens with two attached hydrogens (primary N) is 1. The lowest BCUT2D eigenvalue weighted by atomic mass is 10.2. The molecular formula is C9H7ClFN. The van der Waals surface area contributed by atoms with Crippen LogP contribution in [-0.2, 0) is 0 Å². The molecule has 0 saturated heterocycles. The van der Waals surface area contributed by atoms with Crippen molar-refractivity contribution in [1.82, 2.24) is 0 Å². The number of rotatable bonds is 0. The van der Waals surface area contributed by atoms with Gasteiger partial charge in [-0.25, -0.2) is 4.39 Å². The van der Waals surface area contributed by atoms with Crippen molar-refractivity contribution in [3.63, 3.8) is 0 Å². The van der Waals surface area contributed by atoms with Crippen LogP contribution in [-0.4, -0.2) is 6.54 Å². The summed E-state index contributed by atoms with van der Waals surface area (Å²) in [7, 11) is 0. The summed E-state index contributed by atoms with van der Waals surface area (Å²) in [5.74, 6) is 4.81. The molecule has 3 heteroatoms. The molecule has 0 saturated carbocycles. The first-order valence-corrected chi connectivity index (χ1v) is 3.76. The minimum Gasteiger partial charge on any atom is -0.320 e. The predicted octanol–water partition coefficient (Wildman–Crippen LogP) is 1.79. The average Bonchev–Trinajstić information content (AvgIpc) is 2.08. The van der Waals surface area contributed by atoms with Gasteiger partial charge in [0.15, 0.2) is 0 Å². The van der Waals surface area contributed by atoms with Gasteiger partial charge in [0.05, 0.1) is 11.6 Å². The van der Waals surface area contributed by atoms with Gasteiger partial charge in [0.25, 0.3) is 0 Å². The zero-order chi connectivity index (χ0) is 8.97. The monoisotopic (exact) mass is 183 g/mol. The highest BCUT2D eigenvalue weighted by Crippen LogP contribution is 2.18. The summed E-state index contributed by atoms with van der Waals surface area (Å²) >= 11 is 5.61. The highest BCUT2D eigenvalue weighted by Gasteiger charge is 2.01. The summed E-state index contributed by atoms with van der Waals surface area (Å²) in [6.07, 6.45) is 0. The summed E-state index contributed by atoms with van der Waals surface area (Å²) in [6.45, 7) is 0.243. The van der Waals surface area contributed by atoms with Gasteiger partial charge >= 0.3 is 0 Å². The van der Waals surface area contributed by atoms with Gasteiger partial charge in [-0.15, -0.1) is 0 Å². The molecular weight excluding hydrogens is 177 g/mol. The minimum absolute atomic E-state index is 0.0541. The van der Waals surface area contributed by atoms with Crippen molar-refractivity contribution in [2.24, 2.45) is 5.73 Å². The van der Waals surface area contributed by atoms with Crippen LogP contribution in [0.15, 0.2) is 18.2 Å². The maximum atomic E-state index is 12.8. The molecule has 0 aromatic heterocycles. The molecule has 0 radical (unpaired) electrons. The van der Waals surface area contributed by atoms with Crippen molar-refractivity contribution in [3.05, 3.63) is 34.6 Å². The first-order chi connectivity index (χ1) is 5.75. The summed E-state index contributed by atoms with van der Waals surface area (Å²) in [5, 5.41) is 0.0541. The van der Waals surface area contributed by atoms with Crippen LogP contribution in [0.1, 0.15) is 5.56 Å². The van der Waals surface area contributed by atoms with E-state index in [1.165, 1.54) is 6.07 Å². The molecule has 0 aliphatic heterocycles. The molecule has 62 valence electrons. The van der Waals surface area contributed by atoms with E-state index in [9.17, 15) is 4.39 Å². The van der Waals surface area contributed by atoms with Crippen molar-refractivity contribution < 1.29 is 4.39 Å². The first kappa shape index (κ1) is 9.05. The molecule has 1 aromatic rings. The summed E-state index contributed by atoms with van der Waals surface area (Å²) in [6, 6.07) is 4.49. The molecule has 1 rings (SSSR count). The minimum atomic E-state index is -0.458. The molecule has 1 aromatic carbocycles. The molecule has 2 N–H and O–H groups in total. The van der Waals surface area contributed by atoms with Gasteiger partial charge in [0.2, 0.25) is 0 Å². The van der Waals surface area contributed by atoms with Crippen LogP contribution >= 0.6 is 11.6 Å². The second-order valence-electron chi connectivity index (χ2n) is 2.11. The fourth-order valence-electron chi connectivity index (χ4n) is 0.747. The Morgan fingerprint density at radius 2 is 2.25 bits per heavy atom. The Hall–Kier alpha value is -1.04. The second-order valence-corrected chi connectivity index (χ2v) is 2.49. The Kier molecular flexibility index (Phi) is 3.09. The summed E-state index contributed by atoms with van der Waals surface area (Å²) in [5.41, 5.74) is 5.63. The van der Waals surface area contributed by atoms with E-state index in [2.05, 4.69) is 11.8 Å². The van der Waals surface area contributed by atoms with Gasteiger partial charge in [0, 0.05) is 5.56 Å². The SMILES string of the molecule is NCC#Cc1cccc(F)c1Cl. The molecule has 0 heterocycles. The van der Waals surface area contributed by atoms with E-state index in [0.29, 0.717) is 5.56 Å². The third-order valence-electron chi connectivity index (χ3n) is 1.28. The van der Waals surface area contributed by atoms with E-state index in [-0.39, 0.29) is 11.6 Å². The van der Waals surface area contributed by atoms with Gasteiger partial charge in [0.1, 0.15) is 5.82 Å². The van der Waals surface area contributed by atoms with Crippen molar-refractivity contribution >= 4 is 11.6 Å². The second kappa shape index (κ2) is 4.10. The van der Waals surface area contributed by atoms with Crippen LogP contribution in [0.5, 0.6) is 0 Å². The highest BCUT2D eigenvalue weighted by atomic mass is 35.5. The predicted molar refractivity (Wildman–Crippen MR) is 47.3 cm³/mol. The lowest BCUT2D eigenvalue weighted by molar-refractivity contribution is 0.628. The van der Waals surface area contributed by atoms with Gasteiger partial charge in [-0.3, -0.25) is 0 Å². The smallest absolute Gasteiger partial charge is 0.143 e. The first-order valence-electron chi connectivity index (χ1n) is 3.38. The van der Waals surface area contributed by atoms with Gasteiger partial charge < -0.3 is 5.73 Å².